The van der Waals surface area contributed by atoms with Crippen LogP contribution in [0.2, 0.25) is 5.02 Å². The fourth-order valence-electron chi connectivity index (χ4n) is 4.58. The fourth-order valence-corrected chi connectivity index (χ4v) is 4.76. The van der Waals surface area contributed by atoms with E-state index in [1.54, 1.807) is 47.4 Å². The van der Waals surface area contributed by atoms with Crippen LogP contribution in [0.25, 0.3) is 11.0 Å². The predicted octanol–water partition coefficient (Wildman–Crippen LogP) is 6.52. The van der Waals surface area contributed by atoms with Crippen LogP contribution < -0.4 is 14.9 Å². The summed E-state index contributed by atoms with van der Waals surface area (Å²) in [5, 5.41) is 0.681. The Morgan fingerprint density at radius 3 is 2.49 bits per heavy atom. The van der Waals surface area contributed by atoms with E-state index in [0.29, 0.717) is 46.2 Å². The maximum Gasteiger partial charge on any atom is 0.291 e. The Morgan fingerprint density at radius 1 is 0.973 bits per heavy atom. The lowest BCUT2D eigenvalue weighted by atomic mass is 9.97. The smallest absolute Gasteiger partial charge is 0.291 e. The molecule has 8 heteroatoms. The number of halogens is 2. The van der Waals surface area contributed by atoms with Crippen molar-refractivity contribution in [1.82, 2.24) is 4.90 Å². The van der Waals surface area contributed by atoms with Crippen LogP contribution in [0.1, 0.15) is 53.6 Å². The molecule has 1 atom stereocenters. The maximum atomic E-state index is 13.8. The van der Waals surface area contributed by atoms with Gasteiger partial charge in [-0.05, 0) is 66.9 Å². The standard InChI is InChI=1S/C29H25ClFNO5/c1-3-13-36-23-11-7-18(14-24(23)35-4-2)26-25-27(33)21-15-19(30)8-12-22(21)37-28(25)29(34)32(26)16-17-5-9-20(31)10-6-17/h5-12,14-15,26H,3-4,13,16H2,1-2H3. The average molecular weight is 522 g/mol. The van der Waals surface area contributed by atoms with Crippen molar-refractivity contribution in [2.24, 2.45) is 0 Å². The van der Waals surface area contributed by atoms with E-state index in [2.05, 4.69) is 0 Å². The molecule has 2 heterocycles. The second kappa shape index (κ2) is 10.3. The summed E-state index contributed by atoms with van der Waals surface area (Å²) in [6, 6.07) is 15.3. The third-order valence-corrected chi connectivity index (χ3v) is 6.47. The zero-order chi connectivity index (χ0) is 26.1. The van der Waals surface area contributed by atoms with Gasteiger partial charge in [-0.2, -0.15) is 0 Å². The van der Waals surface area contributed by atoms with Crippen molar-refractivity contribution < 1.29 is 23.1 Å². The fraction of sp³-hybridized carbons (Fsp3) is 0.241. The monoisotopic (exact) mass is 521 g/mol. The molecule has 1 aromatic heterocycles. The Kier molecular flexibility index (Phi) is 6.89. The lowest BCUT2D eigenvalue weighted by molar-refractivity contribution is 0.0714. The summed E-state index contributed by atoms with van der Waals surface area (Å²) < 4.78 is 31.2. The molecule has 0 fully saturated rings. The van der Waals surface area contributed by atoms with Crippen LogP contribution in [0.4, 0.5) is 4.39 Å². The minimum Gasteiger partial charge on any atom is -0.490 e. The van der Waals surface area contributed by atoms with Crippen molar-refractivity contribution in [3.63, 3.8) is 0 Å². The van der Waals surface area contributed by atoms with Gasteiger partial charge in [0.2, 0.25) is 5.76 Å². The summed E-state index contributed by atoms with van der Waals surface area (Å²) in [6.07, 6.45) is 0.833. The summed E-state index contributed by atoms with van der Waals surface area (Å²) in [5.41, 5.74) is 1.55. The second-order valence-corrected chi connectivity index (χ2v) is 9.20. The van der Waals surface area contributed by atoms with Crippen LogP contribution in [-0.2, 0) is 6.54 Å². The highest BCUT2D eigenvalue weighted by Crippen LogP contribution is 2.42. The van der Waals surface area contributed by atoms with Gasteiger partial charge < -0.3 is 18.8 Å². The highest BCUT2D eigenvalue weighted by atomic mass is 35.5. The normalized spacial score (nSPS) is 14.8. The molecule has 1 aliphatic heterocycles. The molecule has 0 bridgehead atoms. The van der Waals surface area contributed by atoms with Crippen LogP contribution in [0, 0.1) is 5.82 Å². The van der Waals surface area contributed by atoms with Crippen molar-refractivity contribution >= 4 is 28.5 Å². The van der Waals surface area contributed by atoms with E-state index in [1.165, 1.54) is 12.1 Å². The Bertz CT molecular complexity index is 1530. The van der Waals surface area contributed by atoms with Crippen molar-refractivity contribution in [2.75, 3.05) is 13.2 Å². The first kappa shape index (κ1) is 24.8. The lowest BCUT2D eigenvalue weighted by Gasteiger charge is -2.26. The molecule has 37 heavy (non-hydrogen) atoms. The van der Waals surface area contributed by atoms with E-state index < -0.39 is 11.9 Å². The number of amides is 1. The number of hydrogen-bond acceptors (Lipinski definition) is 5. The van der Waals surface area contributed by atoms with E-state index in [-0.39, 0.29) is 34.7 Å². The van der Waals surface area contributed by atoms with E-state index in [0.717, 1.165) is 6.42 Å². The van der Waals surface area contributed by atoms with E-state index in [4.69, 9.17) is 25.5 Å². The molecule has 1 unspecified atom stereocenters. The third-order valence-electron chi connectivity index (χ3n) is 6.24. The molecule has 0 N–H and O–H groups in total. The van der Waals surface area contributed by atoms with Crippen molar-refractivity contribution in [3.8, 4) is 11.5 Å². The first-order valence-corrected chi connectivity index (χ1v) is 12.5. The summed E-state index contributed by atoms with van der Waals surface area (Å²) in [7, 11) is 0. The topological polar surface area (TPSA) is 69.0 Å². The number of fused-ring (bicyclic) bond motifs is 2. The number of rotatable bonds is 8. The molecule has 5 rings (SSSR count). The summed E-state index contributed by atoms with van der Waals surface area (Å²) in [5.74, 6) is 0.280. The quantitative estimate of drug-likeness (QED) is 0.264. The SMILES string of the molecule is CCCOc1ccc(C2c3c(oc4ccc(Cl)cc4c3=O)C(=O)N2Cc2ccc(F)cc2)cc1OCC. The maximum absolute atomic E-state index is 13.8. The molecule has 1 aliphatic rings. The minimum atomic E-state index is -0.758. The summed E-state index contributed by atoms with van der Waals surface area (Å²) in [4.78, 5) is 29.0. The van der Waals surface area contributed by atoms with Crippen molar-refractivity contribution in [1.29, 1.82) is 0 Å². The zero-order valence-electron chi connectivity index (χ0n) is 20.4. The van der Waals surface area contributed by atoms with Gasteiger partial charge in [0.15, 0.2) is 16.9 Å². The molecule has 0 saturated heterocycles. The largest absolute Gasteiger partial charge is 0.490 e. The van der Waals surface area contributed by atoms with Crippen molar-refractivity contribution in [2.45, 2.75) is 32.9 Å². The van der Waals surface area contributed by atoms with Crippen LogP contribution in [0.3, 0.4) is 0 Å². The Labute approximate surface area is 218 Å². The number of ether oxygens (including phenoxy) is 2. The van der Waals surface area contributed by atoms with Gasteiger partial charge in [0.05, 0.1) is 30.2 Å². The highest BCUT2D eigenvalue weighted by Gasteiger charge is 2.43. The molecule has 0 saturated carbocycles. The van der Waals surface area contributed by atoms with Crippen LogP contribution in [0.5, 0.6) is 11.5 Å². The number of benzene rings is 3. The van der Waals surface area contributed by atoms with E-state index in [1.807, 2.05) is 19.9 Å². The lowest BCUT2D eigenvalue weighted by Crippen LogP contribution is -2.29. The Morgan fingerprint density at radius 2 is 1.76 bits per heavy atom. The summed E-state index contributed by atoms with van der Waals surface area (Å²) >= 11 is 6.17. The first-order chi connectivity index (χ1) is 17.9. The van der Waals surface area contributed by atoms with Gasteiger partial charge >= 0.3 is 0 Å². The van der Waals surface area contributed by atoms with Gasteiger partial charge in [-0.25, -0.2) is 4.39 Å². The van der Waals surface area contributed by atoms with E-state index >= 15 is 0 Å². The van der Waals surface area contributed by atoms with Gasteiger partial charge in [0.25, 0.3) is 5.91 Å². The predicted molar refractivity (Wildman–Crippen MR) is 139 cm³/mol. The van der Waals surface area contributed by atoms with Gasteiger partial charge in [0, 0.05) is 11.6 Å². The van der Waals surface area contributed by atoms with Crippen LogP contribution >= 0.6 is 11.6 Å². The number of nitrogens with zero attached hydrogens (tertiary/aromatic N) is 1. The molecule has 190 valence electrons. The van der Waals surface area contributed by atoms with Gasteiger partial charge in [-0.15, -0.1) is 0 Å². The van der Waals surface area contributed by atoms with Crippen LogP contribution in [-0.4, -0.2) is 24.0 Å². The molecule has 0 spiro atoms. The minimum absolute atomic E-state index is 0.0174. The van der Waals surface area contributed by atoms with Gasteiger partial charge in [0.1, 0.15) is 11.4 Å². The van der Waals surface area contributed by atoms with Crippen molar-refractivity contribution in [3.05, 3.63) is 104 Å². The third kappa shape index (κ3) is 4.67. The average Bonchev–Trinajstić information content (AvgIpc) is 3.16. The molecule has 0 aliphatic carbocycles. The van der Waals surface area contributed by atoms with Gasteiger partial charge in [-0.1, -0.05) is 36.7 Å². The molecular weight excluding hydrogens is 497 g/mol. The first-order valence-electron chi connectivity index (χ1n) is 12.1. The summed E-state index contributed by atoms with van der Waals surface area (Å²) in [6.45, 7) is 4.96. The molecule has 6 nitrogen and oxygen atoms in total. The molecule has 0 radical (unpaired) electrons. The highest BCUT2D eigenvalue weighted by molar-refractivity contribution is 6.31. The number of carbonyl (C=O) groups excluding carboxylic acids is 1. The molecule has 1 amide bonds. The molecule has 4 aromatic rings. The van der Waals surface area contributed by atoms with E-state index in [9.17, 15) is 14.0 Å². The molecular formula is C29H25ClFNO5. The molecule has 3 aromatic carbocycles. The van der Waals surface area contributed by atoms with Gasteiger partial charge in [-0.3, -0.25) is 9.59 Å². The second-order valence-electron chi connectivity index (χ2n) is 8.76. The number of carbonyl (C=O) groups is 1. The zero-order valence-corrected chi connectivity index (χ0v) is 21.2. The number of hydrogen-bond donors (Lipinski definition) is 0. The van der Waals surface area contributed by atoms with Crippen LogP contribution in [0.15, 0.2) is 69.9 Å². The Hall–Kier alpha value is -3.84. The Balaban J connectivity index is 1.69.